The van der Waals surface area contributed by atoms with E-state index in [2.05, 4.69) is 4.84 Å². The van der Waals surface area contributed by atoms with Crippen molar-refractivity contribution in [3.8, 4) is 0 Å². The lowest BCUT2D eigenvalue weighted by Crippen LogP contribution is -2.33. The molecule has 0 heterocycles. The Hall–Kier alpha value is -1.10. The fraction of sp³-hybridized carbons (Fsp3) is 0.778. The minimum atomic E-state index is -0.804. The summed E-state index contributed by atoms with van der Waals surface area (Å²) in [6, 6.07) is 0. The summed E-state index contributed by atoms with van der Waals surface area (Å²) < 4.78 is 0. The van der Waals surface area contributed by atoms with Gasteiger partial charge in [0.2, 0.25) is 0 Å². The van der Waals surface area contributed by atoms with Crippen molar-refractivity contribution >= 4 is 11.9 Å². The van der Waals surface area contributed by atoms with Crippen LogP contribution in [0.25, 0.3) is 0 Å². The van der Waals surface area contributed by atoms with E-state index in [0.717, 1.165) is 12.8 Å². The van der Waals surface area contributed by atoms with Crippen LogP contribution in [0.4, 0.5) is 0 Å². The molecule has 0 aliphatic heterocycles. The Morgan fingerprint density at radius 3 is 2.64 bits per heavy atom. The van der Waals surface area contributed by atoms with Gasteiger partial charge in [0.1, 0.15) is 0 Å². The van der Waals surface area contributed by atoms with Crippen molar-refractivity contribution in [2.24, 2.45) is 23.1 Å². The number of nitrogens with two attached hydrogens (primary N) is 1. The second kappa shape index (κ2) is 2.95. The van der Waals surface area contributed by atoms with Crippen molar-refractivity contribution in [1.29, 1.82) is 0 Å². The lowest BCUT2D eigenvalue weighted by atomic mass is 9.80. The number of fused-ring (bicyclic) bond motifs is 2. The average Bonchev–Trinajstić information content (AvgIpc) is 2.74. The lowest BCUT2D eigenvalue weighted by Gasteiger charge is -2.24. The fourth-order valence-corrected chi connectivity index (χ4v) is 2.97. The third-order valence-electron chi connectivity index (χ3n) is 3.68. The van der Waals surface area contributed by atoms with E-state index in [-0.39, 0.29) is 11.8 Å². The van der Waals surface area contributed by atoms with Crippen molar-refractivity contribution in [3.05, 3.63) is 0 Å². The molecule has 2 saturated carbocycles. The Kier molecular flexibility index (Phi) is 1.99. The molecule has 2 rings (SSSR count). The maximum atomic E-state index is 11.4. The molecule has 78 valence electrons. The van der Waals surface area contributed by atoms with Gasteiger partial charge in [-0.15, -0.1) is 0 Å². The van der Waals surface area contributed by atoms with Gasteiger partial charge in [-0.05, 0) is 31.6 Å². The van der Waals surface area contributed by atoms with Gasteiger partial charge in [-0.25, -0.2) is 4.79 Å². The zero-order chi connectivity index (χ0) is 10.3. The molecule has 0 radical (unpaired) electrons. The van der Waals surface area contributed by atoms with Crippen molar-refractivity contribution in [2.75, 3.05) is 0 Å². The lowest BCUT2D eigenvalue weighted by molar-refractivity contribution is -0.157. The molecule has 2 aliphatic rings. The van der Waals surface area contributed by atoms with Crippen LogP contribution < -0.4 is 5.90 Å². The molecule has 5 heteroatoms. The topological polar surface area (TPSA) is 89.6 Å². The quantitative estimate of drug-likeness (QED) is 0.624. The highest BCUT2D eigenvalue weighted by Gasteiger charge is 2.57. The molecule has 0 amide bonds. The molecule has 2 aliphatic carbocycles. The Balaban J connectivity index is 2.19. The monoisotopic (exact) mass is 199 g/mol. The van der Waals surface area contributed by atoms with Gasteiger partial charge in [-0.3, -0.25) is 4.79 Å². The second-order valence-electron chi connectivity index (χ2n) is 4.34. The van der Waals surface area contributed by atoms with Crippen LogP contribution in [0.15, 0.2) is 0 Å². The summed E-state index contributed by atoms with van der Waals surface area (Å²) >= 11 is 0. The summed E-state index contributed by atoms with van der Waals surface area (Å²) in [6.45, 7) is 0. The summed E-state index contributed by atoms with van der Waals surface area (Å²) in [5.74, 6) is 3.36. The highest BCUT2D eigenvalue weighted by atomic mass is 16.7. The first-order valence-electron chi connectivity index (χ1n) is 4.73. The molecule has 3 atom stereocenters. The number of carbonyl (C=O) groups is 2. The molecule has 14 heavy (non-hydrogen) atoms. The summed E-state index contributed by atoms with van der Waals surface area (Å²) in [6.07, 6.45) is 2.53. The van der Waals surface area contributed by atoms with E-state index in [1.165, 1.54) is 0 Å². The van der Waals surface area contributed by atoms with E-state index in [4.69, 9.17) is 11.0 Å². The predicted octanol–water partition coefficient (Wildman–Crippen LogP) is 0.294. The van der Waals surface area contributed by atoms with Crippen molar-refractivity contribution in [1.82, 2.24) is 0 Å². The van der Waals surface area contributed by atoms with Crippen LogP contribution in [-0.4, -0.2) is 17.0 Å². The molecule has 0 aromatic rings. The Morgan fingerprint density at radius 2 is 2.14 bits per heavy atom. The van der Waals surface area contributed by atoms with Crippen LogP contribution in [0.2, 0.25) is 0 Å². The summed E-state index contributed by atoms with van der Waals surface area (Å²) in [7, 11) is 0. The molecule has 0 aromatic heterocycles. The first kappa shape index (κ1) is 9.45. The third-order valence-corrected chi connectivity index (χ3v) is 3.68. The number of carboxylic acid groups (broad SMARTS) is 1. The zero-order valence-corrected chi connectivity index (χ0v) is 7.73. The van der Waals surface area contributed by atoms with E-state index >= 15 is 0 Å². The van der Waals surface area contributed by atoms with Gasteiger partial charge in [0, 0.05) is 0 Å². The smallest absolute Gasteiger partial charge is 0.330 e. The second-order valence-corrected chi connectivity index (χ2v) is 4.34. The molecule has 2 bridgehead atoms. The highest BCUT2D eigenvalue weighted by molar-refractivity contribution is 5.80. The third kappa shape index (κ3) is 1.12. The number of carbonyl (C=O) groups excluding carboxylic acids is 1. The van der Waals surface area contributed by atoms with Crippen LogP contribution in [0.3, 0.4) is 0 Å². The fourth-order valence-electron chi connectivity index (χ4n) is 2.97. The Bertz CT molecular complexity index is 291. The Labute approximate surface area is 81.2 Å². The minimum Gasteiger partial charge on any atom is -0.481 e. The molecule has 2 fully saturated rings. The summed E-state index contributed by atoms with van der Waals surface area (Å²) in [5.41, 5.74) is -0.595. The minimum absolute atomic E-state index is 0.131. The number of carboxylic acids is 1. The largest absolute Gasteiger partial charge is 0.481 e. The standard InChI is InChI=1S/C9H13NO4/c10-14-8(13)9-2-1-5(3-9)6(4-9)7(11)12/h5-6H,1-4,10H2,(H,11,12). The first-order valence-corrected chi connectivity index (χ1v) is 4.73. The molecular formula is C9H13NO4. The Morgan fingerprint density at radius 1 is 1.43 bits per heavy atom. The summed E-state index contributed by atoms with van der Waals surface area (Å²) in [5, 5.41) is 8.92. The van der Waals surface area contributed by atoms with E-state index in [1.807, 2.05) is 0 Å². The number of hydrogen-bond acceptors (Lipinski definition) is 4. The SMILES string of the molecule is NOC(=O)C12CCC(C1)C(C(=O)O)C2. The molecule has 0 aromatic carbocycles. The van der Waals surface area contributed by atoms with Gasteiger partial charge < -0.3 is 9.94 Å². The van der Waals surface area contributed by atoms with Crippen LogP contribution >= 0.6 is 0 Å². The van der Waals surface area contributed by atoms with Crippen molar-refractivity contribution < 1.29 is 19.5 Å². The van der Waals surface area contributed by atoms with E-state index in [9.17, 15) is 9.59 Å². The zero-order valence-electron chi connectivity index (χ0n) is 7.73. The maximum absolute atomic E-state index is 11.4. The van der Waals surface area contributed by atoms with Crippen LogP contribution in [0.5, 0.6) is 0 Å². The van der Waals surface area contributed by atoms with Crippen LogP contribution in [0, 0.1) is 17.3 Å². The van der Waals surface area contributed by atoms with Gasteiger partial charge >= 0.3 is 11.9 Å². The normalized spacial score (nSPS) is 39.8. The number of hydrogen-bond donors (Lipinski definition) is 2. The highest BCUT2D eigenvalue weighted by Crippen LogP contribution is 2.57. The first-order chi connectivity index (χ1) is 6.59. The van der Waals surface area contributed by atoms with Crippen molar-refractivity contribution in [2.45, 2.75) is 25.7 Å². The molecule has 3 unspecified atom stereocenters. The number of aliphatic carboxylic acids is 1. The van der Waals surface area contributed by atoms with Gasteiger partial charge in [-0.2, -0.15) is 5.90 Å². The predicted molar refractivity (Wildman–Crippen MR) is 45.8 cm³/mol. The summed E-state index contributed by atoms with van der Waals surface area (Å²) in [4.78, 5) is 26.5. The van der Waals surface area contributed by atoms with Gasteiger partial charge in [-0.1, -0.05) is 0 Å². The molecule has 0 saturated heterocycles. The van der Waals surface area contributed by atoms with Crippen LogP contribution in [-0.2, 0) is 14.4 Å². The number of rotatable bonds is 2. The molecule has 5 nitrogen and oxygen atoms in total. The van der Waals surface area contributed by atoms with Crippen LogP contribution in [0.1, 0.15) is 25.7 Å². The van der Waals surface area contributed by atoms with E-state index < -0.39 is 17.4 Å². The van der Waals surface area contributed by atoms with E-state index in [0.29, 0.717) is 12.8 Å². The average molecular weight is 199 g/mol. The molecular weight excluding hydrogens is 186 g/mol. The van der Waals surface area contributed by atoms with Crippen molar-refractivity contribution in [3.63, 3.8) is 0 Å². The molecule has 3 N–H and O–H groups in total. The van der Waals surface area contributed by atoms with Gasteiger partial charge in [0.15, 0.2) is 0 Å². The molecule has 0 spiro atoms. The van der Waals surface area contributed by atoms with E-state index in [1.54, 1.807) is 0 Å². The maximum Gasteiger partial charge on any atom is 0.330 e. The van der Waals surface area contributed by atoms with Gasteiger partial charge in [0.25, 0.3) is 0 Å². The van der Waals surface area contributed by atoms with Gasteiger partial charge in [0.05, 0.1) is 11.3 Å².